The van der Waals surface area contributed by atoms with Crippen LogP contribution < -0.4 is 0 Å². The Kier molecular flexibility index (Phi) is 5.95. The van der Waals surface area contributed by atoms with Crippen molar-refractivity contribution in [1.82, 2.24) is 14.7 Å². The molecular formula is C26H24N4O2S. The summed E-state index contributed by atoms with van der Waals surface area (Å²) < 4.78 is 0. The molecule has 0 aliphatic carbocycles. The second kappa shape index (κ2) is 9.18. The average molecular weight is 457 g/mol. The fourth-order valence-electron chi connectivity index (χ4n) is 4.42. The minimum absolute atomic E-state index is 0.00510. The third-order valence-electron chi connectivity index (χ3n) is 6.45. The number of benzene rings is 2. The SMILES string of the molecule is N#Cc1csc(C(=O)N2CCN(C3CN(C(=O)c4ccc(-c5ccccc5)cc4)C3)CC2)c1. The van der Waals surface area contributed by atoms with E-state index < -0.39 is 0 Å². The van der Waals surface area contributed by atoms with E-state index in [2.05, 4.69) is 23.1 Å². The quantitative estimate of drug-likeness (QED) is 0.602. The summed E-state index contributed by atoms with van der Waals surface area (Å²) in [4.78, 5) is 32.3. The van der Waals surface area contributed by atoms with Crippen LogP contribution in [-0.4, -0.2) is 71.8 Å². The predicted molar refractivity (Wildman–Crippen MR) is 128 cm³/mol. The van der Waals surface area contributed by atoms with Crippen LogP contribution in [0.25, 0.3) is 11.1 Å². The van der Waals surface area contributed by atoms with Gasteiger partial charge in [0.25, 0.3) is 11.8 Å². The molecule has 0 atom stereocenters. The lowest BCUT2D eigenvalue weighted by atomic mass is 10.0. The molecule has 33 heavy (non-hydrogen) atoms. The molecule has 2 amide bonds. The van der Waals surface area contributed by atoms with E-state index in [1.165, 1.54) is 11.3 Å². The third-order valence-corrected chi connectivity index (χ3v) is 7.36. The van der Waals surface area contributed by atoms with Crippen LogP contribution in [-0.2, 0) is 0 Å². The first-order chi connectivity index (χ1) is 16.1. The number of hydrogen-bond acceptors (Lipinski definition) is 5. The molecule has 1 aromatic heterocycles. The molecule has 6 nitrogen and oxygen atoms in total. The van der Waals surface area contributed by atoms with Crippen LogP contribution in [0.5, 0.6) is 0 Å². The fraction of sp³-hybridized carbons (Fsp3) is 0.269. The predicted octanol–water partition coefficient (Wildman–Crippen LogP) is 3.57. The summed E-state index contributed by atoms with van der Waals surface area (Å²) in [5.41, 5.74) is 3.50. The van der Waals surface area contributed by atoms with Crippen LogP contribution in [0.15, 0.2) is 66.0 Å². The lowest BCUT2D eigenvalue weighted by molar-refractivity contribution is 0.00863. The Morgan fingerprint density at radius 2 is 1.52 bits per heavy atom. The highest BCUT2D eigenvalue weighted by atomic mass is 32.1. The number of likely N-dealkylation sites (tertiary alicyclic amines) is 1. The second-order valence-electron chi connectivity index (χ2n) is 8.45. The maximum atomic E-state index is 12.9. The molecule has 5 rings (SSSR count). The number of nitrogens with zero attached hydrogens (tertiary/aromatic N) is 4. The van der Waals surface area contributed by atoms with Gasteiger partial charge < -0.3 is 9.80 Å². The van der Waals surface area contributed by atoms with Crippen molar-refractivity contribution < 1.29 is 9.59 Å². The Labute approximate surface area is 197 Å². The zero-order valence-corrected chi connectivity index (χ0v) is 19.0. The van der Waals surface area contributed by atoms with Crippen LogP contribution in [0.3, 0.4) is 0 Å². The molecule has 0 unspecified atom stereocenters. The Balaban J connectivity index is 1.11. The van der Waals surface area contributed by atoms with Crippen LogP contribution >= 0.6 is 11.3 Å². The summed E-state index contributed by atoms with van der Waals surface area (Å²) in [5, 5.41) is 10.7. The lowest BCUT2D eigenvalue weighted by Crippen LogP contribution is -2.64. The minimum atomic E-state index is 0.00510. The summed E-state index contributed by atoms with van der Waals surface area (Å²) >= 11 is 1.33. The van der Waals surface area contributed by atoms with Gasteiger partial charge in [-0.3, -0.25) is 14.5 Å². The average Bonchev–Trinajstić information content (AvgIpc) is 3.33. The van der Waals surface area contributed by atoms with Gasteiger partial charge >= 0.3 is 0 Å². The van der Waals surface area contributed by atoms with Crippen molar-refractivity contribution in [2.75, 3.05) is 39.3 Å². The molecule has 0 saturated carbocycles. The van der Waals surface area contributed by atoms with Gasteiger partial charge in [0.15, 0.2) is 0 Å². The van der Waals surface area contributed by atoms with Crippen molar-refractivity contribution in [3.05, 3.63) is 82.0 Å². The van der Waals surface area contributed by atoms with Crippen molar-refractivity contribution >= 4 is 23.2 Å². The summed E-state index contributed by atoms with van der Waals surface area (Å²) in [6, 6.07) is 22.1. The lowest BCUT2D eigenvalue weighted by Gasteiger charge is -2.48. The van der Waals surface area contributed by atoms with E-state index >= 15 is 0 Å². The highest BCUT2D eigenvalue weighted by Crippen LogP contribution is 2.24. The van der Waals surface area contributed by atoms with Gasteiger partial charge in [0.2, 0.25) is 0 Å². The van der Waals surface area contributed by atoms with E-state index in [4.69, 9.17) is 5.26 Å². The molecule has 2 aliphatic heterocycles. The van der Waals surface area contributed by atoms with Gasteiger partial charge in [-0.15, -0.1) is 11.3 Å². The van der Waals surface area contributed by atoms with Crippen LogP contribution in [0.4, 0.5) is 0 Å². The largest absolute Gasteiger partial charge is 0.335 e. The summed E-state index contributed by atoms with van der Waals surface area (Å²) in [7, 11) is 0. The standard InChI is InChI=1S/C26H24N4O2S/c27-15-19-14-24(33-18-19)26(32)29-12-10-28(11-13-29)23-16-30(17-23)25(31)22-8-6-21(7-9-22)20-4-2-1-3-5-20/h1-9,14,18,23H,10-13,16-17H2. The topological polar surface area (TPSA) is 67.7 Å². The van der Waals surface area contributed by atoms with Crippen molar-refractivity contribution in [3.8, 4) is 17.2 Å². The molecule has 3 aromatic rings. The first kappa shape index (κ1) is 21.4. The third kappa shape index (κ3) is 4.40. The molecule has 7 heteroatoms. The van der Waals surface area contributed by atoms with Crippen molar-refractivity contribution in [2.45, 2.75) is 6.04 Å². The van der Waals surface area contributed by atoms with Crippen LogP contribution in [0.1, 0.15) is 25.6 Å². The Hall–Kier alpha value is -3.47. The van der Waals surface area contributed by atoms with E-state index in [0.717, 1.165) is 42.9 Å². The van der Waals surface area contributed by atoms with E-state index in [1.807, 2.05) is 52.3 Å². The maximum absolute atomic E-state index is 12.9. The number of piperazine rings is 1. The van der Waals surface area contributed by atoms with E-state index in [9.17, 15) is 9.59 Å². The van der Waals surface area contributed by atoms with Crippen molar-refractivity contribution in [2.24, 2.45) is 0 Å². The molecule has 2 aliphatic rings. The monoisotopic (exact) mass is 456 g/mol. The van der Waals surface area contributed by atoms with Gasteiger partial charge in [-0.25, -0.2) is 0 Å². The van der Waals surface area contributed by atoms with Gasteiger partial charge in [-0.05, 0) is 29.3 Å². The highest BCUT2D eigenvalue weighted by Gasteiger charge is 2.37. The minimum Gasteiger partial charge on any atom is -0.335 e. The number of thiophene rings is 1. The number of rotatable bonds is 4. The summed E-state index contributed by atoms with van der Waals surface area (Å²) in [6.45, 7) is 4.41. The Bertz CT molecular complexity index is 1190. The van der Waals surface area contributed by atoms with Gasteiger partial charge in [-0.1, -0.05) is 42.5 Å². The smallest absolute Gasteiger partial charge is 0.264 e. The van der Waals surface area contributed by atoms with Crippen LogP contribution in [0, 0.1) is 11.3 Å². The van der Waals surface area contributed by atoms with Gasteiger partial charge in [0, 0.05) is 56.3 Å². The second-order valence-corrected chi connectivity index (χ2v) is 9.36. The van der Waals surface area contributed by atoms with Crippen molar-refractivity contribution in [1.29, 1.82) is 5.26 Å². The van der Waals surface area contributed by atoms with E-state index in [-0.39, 0.29) is 11.8 Å². The van der Waals surface area contributed by atoms with E-state index in [1.54, 1.807) is 11.4 Å². The molecular weight excluding hydrogens is 432 g/mol. The van der Waals surface area contributed by atoms with Gasteiger partial charge in [0.1, 0.15) is 6.07 Å². The number of carbonyl (C=O) groups excluding carboxylic acids is 2. The molecule has 0 N–H and O–H groups in total. The number of hydrogen-bond donors (Lipinski definition) is 0. The summed E-state index contributed by atoms with van der Waals surface area (Å²) in [5.74, 6) is 0.0798. The number of amides is 2. The van der Waals surface area contributed by atoms with Crippen molar-refractivity contribution in [3.63, 3.8) is 0 Å². The molecule has 3 heterocycles. The zero-order chi connectivity index (χ0) is 22.8. The zero-order valence-electron chi connectivity index (χ0n) is 18.2. The maximum Gasteiger partial charge on any atom is 0.264 e. The van der Waals surface area contributed by atoms with Crippen LogP contribution in [0.2, 0.25) is 0 Å². The fourth-order valence-corrected chi connectivity index (χ4v) is 5.22. The molecule has 0 bridgehead atoms. The molecule has 2 fully saturated rings. The Morgan fingerprint density at radius 3 is 2.15 bits per heavy atom. The molecule has 166 valence electrons. The number of carbonyl (C=O) groups is 2. The van der Waals surface area contributed by atoms with Gasteiger partial charge in [0.05, 0.1) is 10.4 Å². The van der Waals surface area contributed by atoms with E-state index in [0.29, 0.717) is 29.6 Å². The molecule has 2 aromatic carbocycles. The summed E-state index contributed by atoms with van der Waals surface area (Å²) in [6.07, 6.45) is 0. The Morgan fingerprint density at radius 1 is 0.848 bits per heavy atom. The molecule has 0 radical (unpaired) electrons. The highest BCUT2D eigenvalue weighted by molar-refractivity contribution is 7.12. The first-order valence-corrected chi connectivity index (χ1v) is 12.0. The molecule has 0 spiro atoms. The normalized spacial score (nSPS) is 16.8. The van der Waals surface area contributed by atoms with Gasteiger partial charge in [-0.2, -0.15) is 5.26 Å². The first-order valence-electron chi connectivity index (χ1n) is 11.1. The molecule has 2 saturated heterocycles. The number of nitriles is 1.